The number of nitrogens with zero attached hydrogens (tertiary/aromatic N) is 2. The van der Waals surface area contributed by atoms with E-state index in [0.717, 1.165) is 47.4 Å². The van der Waals surface area contributed by atoms with Gasteiger partial charge < -0.3 is 10.2 Å². The van der Waals surface area contributed by atoms with Crippen LogP contribution in [0.3, 0.4) is 0 Å². The molecule has 0 saturated heterocycles. The van der Waals surface area contributed by atoms with Gasteiger partial charge in [0.15, 0.2) is 0 Å². The van der Waals surface area contributed by atoms with E-state index in [1.54, 1.807) is 12.1 Å². The van der Waals surface area contributed by atoms with E-state index < -0.39 is 28.5 Å². The molecule has 0 heterocycles. The Labute approximate surface area is 213 Å². The summed E-state index contributed by atoms with van der Waals surface area (Å²) in [5.41, 5.74) is 1.97. The topological polar surface area (TPSA) is 86.8 Å². The van der Waals surface area contributed by atoms with E-state index >= 15 is 0 Å². The van der Waals surface area contributed by atoms with Gasteiger partial charge in [0.2, 0.25) is 21.8 Å². The predicted molar refractivity (Wildman–Crippen MR) is 140 cm³/mol. The Bertz CT molecular complexity index is 1130. The first-order valence-corrected chi connectivity index (χ1v) is 14.2. The predicted octanol–water partition coefficient (Wildman–Crippen LogP) is 4.28. The van der Waals surface area contributed by atoms with Crippen molar-refractivity contribution < 1.29 is 18.0 Å². The fourth-order valence-corrected chi connectivity index (χ4v) is 5.43. The van der Waals surface area contributed by atoms with Crippen molar-refractivity contribution in [2.45, 2.75) is 64.6 Å². The van der Waals surface area contributed by atoms with Gasteiger partial charge in [-0.15, -0.1) is 0 Å². The van der Waals surface area contributed by atoms with Crippen LogP contribution in [0.2, 0.25) is 5.02 Å². The first kappa shape index (κ1) is 27.0. The van der Waals surface area contributed by atoms with Crippen molar-refractivity contribution in [2.24, 2.45) is 0 Å². The molecule has 3 rings (SSSR count). The molecule has 1 aliphatic rings. The van der Waals surface area contributed by atoms with E-state index in [2.05, 4.69) is 5.32 Å². The highest BCUT2D eigenvalue weighted by Crippen LogP contribution is 2.26. The molecule has 7 nitrogen and oxygen atoms in total. The number of anilines is 1. The quantitative estimate of drug-likeness (QED) is 0.507. The van der Waals surface area contributed by atoms with Gasteiger partial charge in [-0.1, -0.05) is 67.8 Å². The summed E-state index contributed by atoms with van der Waals surface area (Å²) in [5.74, 6) is -0.655. The molecule has 2 amide bonds. The minimum Gasteiger partial charge on any atom is -0.352 e. The molecule has 1 fully saturated rings. The Balaban J connectivity index is 1.91. The molecule has 0 aromatic heterocycles. The first-order valence-electron chi connectivity index (χ1n) is 12.0. The minimum absolute atomic E-state index is 0.118. The van der Waals surface area contributed by atoms with E-state index in [1.165, 1.54) is 11.0 Å². The number of amides is 2. The number of halogens is 1. The maximum atomic E-state index is 13.7. The number of hydrogen-bond donors (Lipinski definition) is 1. The standard InChI is InChI=1S/C26H34ClN3O4S/c1-4-24(26(32)28-21-12-8-9-13-21)29(17-20-10-6-5-7-11-20)25(31)18-30(35(3,33)34)22-15-14-19(2)23(27)16-22/h5-7,10-11,14-16,21,24H,4,8-9,12-13,17-18H2,1-3H3,(H,28,32). The highest BCUT2D eigenvalue weighted by molar-refractivity contribution is 7.92. The van der Waals surface area contributed by atoms with Crippen molar-refractivity contribution in [1.82, 2.24) is 10.2 Å². The maximum Gasteiger partial charge on any atom is 0.244 e. The van der Waals surface area contributed by atoms with Crippen LogP contribution in [0.1, 0.15) is 50.2 Å². The van der Waals surface area contributed by atoms with Crippen molar-refractivity contribution in [2.75, 3.05) is 17.1 Å². The van der Waals surface area contributed by atoms with E-state index in [9.17, 15) is 18.0 Å². The summed E-state index contributed by atoms with van der Waals surface area (Å²) >= 11 is 6.24. The third-order valence-electron chi connectivity index (χ3n) is 6.41. The van der Waals surface area contributed by atoms with Crippen molar-refractivity contribution in [1.29, 1.82) is 0 Å². The molecule has 0 spiro atoms. The summed E-state index contributed by atoms with van der Waals surface area (Å²) in [6.45, 7) is 3.44. The van der Waals surface area contributed by atoms with Gasteiger partial charge in [-0.2, -0.15) is 0 Å². The molecule has 1 atom stereocenters. The second kappa shape index (κ2) is 11.9. The fraction of sp³-hybridized carbons (Fsp3) is 0.462. The molecule has 1 saturated carbocycles. The van der Waals surface area contributed by atoms with Crippen LogP contribution in [0.4, 0.5) is 5.69 Å². The van der Waals surface area contributed by atoms with Crippen LogP contribution in [-0.4, -0.2) is 50.0 Å². The summed E-state index contributed by atoms with van der Waals surface area (Å²) in [7, 11) is -3.79. The zero-order chi connectivity index (χ0) is 25.6. The van der Waals surface area contributed by atoms with Gasteiger partial charge >= 0.3 is 0 Å². The van der Waals surface area contributed by atoms with Crippen LogP contribution in [0, 0.1) is 6.92 Å². The van der Waals surface area contributed by atoms with Crippen molar-refractivity contribution in [3.8, 4) is 0 Å². The van der Waals surface area contributed by atoms with Crippen LogP contribution >= 0.6 is 11.6 Å². The molecular weight excluding hydrogens is 486 g/mol. The summed E-state index contributed by atoms with van der Waals surface area (Å²) < 4.78 is 26.4. The Hall–Kier alpha value is -2.58. The molecular formula is C26H34ClN3O4S. The molecule has 2 aromatic carbocycles. The third-order valence-corrected chi connectivity index (χ3v) is 7.95. The zero-order valence-corrected chi connectivity index (χ0v) is 22.1. The average molecular weight is 520 g/mol. The molecule has 1 aliphatic carbocycles. The summed E-state index contributed by atoms with van der Waals surface area (Å²) in [6, 6.07) is 13.7. The number of sulfonamides is 1. The van der Waals surface area contributed by atoms with Crippen LogP contribution < -0.4 is 9.62 Å². The van der Waals surface area contributed by atoms with Crippen molar-refractivity contribution in [3.05, 3.63) is 64.7 Å². The molecule has 2 aromatic rings. The third kappa shape index (κ3) is 7.21. The Morgan fingerprint density at radius 2 is 1.77 bits per heavy atom. The number of benzene rings is 2. The summed E-state index contributed by atoms with van der Waals surface area (Å²) in [4.78, 5) is 28.4. The van der Waals surface area contributed by atoms with Crippen LogP contribution in [0.5, 0.6) is 0 Å². The van der Waals surface area contributed by atoms with Crippen LogP contribution in [0.15, 0.2) is 48.5 Å². The lowest BCUT2D eigenvalue weighted by molar-refractivity contribution is -0.140. The van der Waals surface area contributed by atoms with Gasteiger partial charge in [-0.05, 0) is 49.4 Å². The number of nitrogens with one attached hydrogen (secondary N) is 1. The molecule has 35 heavy (non-hydrogen) atoms. The second-order valence-electron chi connectivity index (χ2n) is 9.12. The Kier molecular flexibility index (Phi) is 9.19. The fourth-order valence-electron chi connectivity index (χ4n) is 4.42. The van der Waals surface area contributed by atoms with Crippen LogP contribution in [0.25, 0.3) is 0 Å². The minimum atomic E-state index is -3.79. The molecule has 0 radical (unpaired) electrons. The largest absolute Gasteiger partial charge is 0.352 e. The number of carbonyl (C=O) groups is 2. The molecule has 0 bridgehead atoms. The first-order chi connectivity index (χ1) is 16.6. The lowest BCUT2D eigenvalue weighted by Gasteiger charge is -2.33. The highest BCUT2D eigenvalue weighted by atomic mass is 35.5. The normalized spacial score (nSPS) is 15.0. The van der Waals surface area contributed by atoms with Gasteiger partial charge in [0.1, 0.15) is 12.6 Å². The van der Waals surface area contributed by atoms with Gasteiger partial charge in [-0.3, -0.25) is 13.9 Å². The van der Waals surface area contributed by atoms with Crippen LogP contribution in [-0.2, 0) is 26.2 Å². The van der Waals surface area contributed by atoms with Crippen molar-refractivity contribution in [3.63, 3.8) is 0 Å². The van der Waals surface area contributed by atoms with Gasteiger partial charge in [-0.25, -0.2) is 8.42 Å². The zero-order valence-electron chi connectivity index (χ0n) is 20.5. The smallest absolute Gasteiger partial charge is 0.244 e. The van der Waals surface area contributed by atoms with Gasteiger partial charge in [0.25, 0.3) is 0 Å². The number of aryl methyl sites for hydroxylation is 1. The second-order valence-corrected chi connectivity index (χ2v) is 11.4. The summed E-state index contributed by atoms with van der Waals surface area (Å²) in [6.07, 6.45) is 5.50. The monoisotopic (exact) mass is 519 g/mol. The number of carbonyl (C=O) groups excluding carboxylic acids is 2. The maximum absolute atomic E-state index is 13.7. The average Bonchev–Trinajstić information content (AvgIpc) is 3.32. The molecule has 190 valence electrons. The van der Waals surface area contributed by atoms with E-state index in [-0.39, 0.29) is 18.5 Å². The van der Waals surface area contributed by atoms with E-state index in [0.29, 0.717) is 17.1 Å². The van der Waals surface area contributed by atoms with Crippen molar-refractivity contribution >= 4 is 39.1 Å². The Morgan fingerprint density at radius 1 is 1.11 bits per heavy atom. The van der Waals surface area contributed by atoms with E-state index in [4.69, 9.17) is 11.6 Å². The molecule has 0 aliphatic heterocycles. The number of rotatable bonds is 10. The van der Waals surface area contributed by atoms with E-state index in [1.807, 2.05) is 44.2 Å². The lowest BCUT2D eigenvalue weighted by atomic mass is 10.1. The van der Waals surface area contributed by atoms with Gasteiger partial charge in [0, 0.05) is 17.6 Å². The molecule has 1 unspecified atom stereocenters. The molecule has 1 N–H and O–H groups in total. The number of hydrogen-bond acceptors (Lipinski definition) is 4. The summed E-state index contributed by atoms with van der Waals surface area (Å²) in [5, 5.41) is 3.51. The molecule has 9 heteroatoms. The highest BCUT2D eigenvalue weighted by Gasteiger charge is 2.33. The lowest BCUT2D eigenvalue weighted by Crippen LogP contribution is -2.53. The van der Waals surface area contributed by atoms with Gasteiger partial charge in [0.05, 0.1) is 11.9 Å². The Morgan fingerprint density at radius 3 is 2.34 bits per heavy atom. The SMILES string of the molecule is CCC(C(=O)NC1CCCC1)N(Cc1ccccc1)C(=O)CN(c1ccc(C)c(Cl)c1)S(C)(=O)=O.